The molecule has 13 heteroatoms. The van der Waals surface area contributed by atoms with Crippen molar-refractivity contribution < 1.29 is 23.9 Å². The second kappa shape index (κ2) is 15.5. The van der Waals surface area contributed by atoms with Crippen molar-refractivity contribution in [1.82, 2.24) is 40.4 Å². The Balaban J connectivity index is 1.45. The molecular formula is C28H38N8O5. The fourth-order valence-electron chi connectivity index (χ4n) is 4.51. The van der Waals surface area contributed by atoms with Crippen LogP contribution in [0, 0.1) is 0 Å². The highest BCUT2D eigenvalue weighted by molar-refractivity contribution is 5.97. The molecule has 1 aliphatic heterocycles. The van der Waals surface area contributed by atoms with Gasteiger partial charge >= 0.3 is 0 Å². The van der Waals surface area contributed by atoms with Crippen LogP contribution in [-0.2, 0) is 33.8 Å². The number of hydrogen-bond donors (Lipinski definition) is 4. The fraction of sp³-hybridized carbons (Fsp3) is 0.464. The predicted molar refractivity (Wildman–Crippen MR) is 150 cm³/mol. The Bertz CT molecular complexity index is 1260. The molecule has 0 saturated carbocycles. The third-order valence-corrected chi connectivity index (χ3v) is 6.66. The molecule has 220 valence electrons. The summed E-state index contributed by atoms with van der Waals surface area (Å²) in [5, 5.41) is 8.70. The molecule has 13 nitrogen and oxygen atoms in total. The van der Waals surface area contributed by atoms with Crippen molar-refractivity contribution in [1.29, 1.82) is 0 Å². The number of carbonyl (C=O) groups excluding carboxylic acids is 3. The van der Waals surface area contributed by atoms with E-state index in [2.05, 4.69) is 30.9 Å². The van der Waals surface area contributed by atoms with Gasteiger partial charge in [-0.3, -0.25) is 19.3 Å². The lowest BCUT2D eigenvalue weighted by Crippen LogP contribution is -2.48. The van der Waals surface area contributed by atoms with E-state index < -0.39 is 6.04 Å². The van der Waals surface area contributed by atoms with Gasteiger partial charge in [-0.15, -0.1) is 0 Å². The maximum atomic E-state index is 13.1. The molecule has 3 heterocycles. The Morgan fingerprint density at radius 3 is 2.88 bits per heavy atom. The molecule has 3 amide bonds. The lowest BCUT2D eigenvalue weighted by molar-refractivity contribution is -0.123. The second-order valence-corrected chi connectivity index (χ2v) is 9.77. The second-order valence-electron chi connectivity index (χ2n) is 9.77. The van der Waals surface area contributed by atoms with Crippen LogP contribution in [0.4, 0.5) is 0 Å². The average molecular weight is 567 g/mol. The van der Waals surface area contributed by atoms with E-state index in [9.17, 15) is 14.4 Å². The van der Waals surface area contributed by atoms with Gasteiger partial charge in [0.15, 0.2) is 0 Å². The van der Waals surface area contributed by atoms with Gasteiger partial charge in [-0.25, -0.2) is 9.97 Å². The molecule has 1 aliphatic rings. The Labute approximate surface area is 239 Å². The molecule has 4 rings (SSSR count). The number of nitrogens with zero attached hydrogens (tertiary/aromatic N) is 4. The van der Waals surface area contributed by atoms with Gasteiger partial charge in [0.25, 0.3) is 5.91 Å². The largest absolute Gasteiger partial charge is 0.492 e. The van der Waals surface area contributed by atoms with E-state index in [1.54, 1.807) is 43.8 Å². The number of aromatic amines is 1. The third kappa shape index (κ3) is 9.43. The first-order chi connectivity index (χ1) is 20.0. The molecule has 0 fully saturated rings. The van der Waals surface area contributed by atoms with Crippen LogP contribution in [-0.4, -0.2) is 94.7 Å². The molecule has 41 heavy (non-hydrogen) atoms. The molecule has 1 aromatic carbocycles. The molecule has 3 aromatic rings. The van der Waals surface area contributed by atoms with Crippen molar-refractivity contribution in [2.45, 2.75) is 38.4 Å². The first-order valence-electron chi connectivity index (χ1n) is 13.8. The maximum absolute atomic E-state index is 13.1. The van der Waals surface area contributed by atoms with Gasteiger partial charge in [0.2, 0.25) is 11.8 Å². The van der Waals surface area contributed by atoms with E-state index in [0.717, 1.165) is 17.9 Å². The van der Waals surface area contributed by atoms with E-state index in [1.165, 1.54) is 6.33 Å². The molecule has 2 bridgehead atoms. The third-order valence-electron chi connectivity index (χ3n) is 6.66. The number of nitrogens with one attached hydrogen (secondary N) is 4. The molecule has 0 aliphatic carbocycles. The number of H-pyrrole nitrogens is 1. The monoisotopic (exact) mass is 566 g/mol. The summed E-state index contributed by atoms with van der Waals surface area (Å²) in [6.07, 6.45) is 8.53. The lowest BCUT2D eigenvalue weighted by Gasteiger charge is -2.22. The Hall–Kier alpha value is -4.23. The molecular weight excluding hydrogens is 528 g/mol. The number of ether oxygens (including phenoxy) is 2. The zero-order valence-electron chi connectivity index (χ0n) is 23.3. The molecule has 4 N–H and O–H groups in total. The average Bonchev–Trinajstić information content (AvgIpc) is 3.65. The number of fused-ring (bicyclic) bond motifs is 2. The van der Waals surface area contributed by atoms with E-state index in [0.29, 0.717) is 57.1 Å². The van der Waals surface area contributed by atoms with Crippen molar-refractivity contribution in [2.24, 2.45) is 0 Å². The van der Waals surface area contributed by atoms with E-state index >= 15 is 0 Å². The molecule has 0 radical (unpaired) electrons. The van der Waals surface area contributed by atoms with Crippen LogP contribution in [0.1, 0.15) is 34.7 Å². The van der Waals surface area contributed by atoms with Crippen LogP contribution in [0.15, 0.2) is 49.2 Å². The summed E-state index contributed by atoms with van der Waals surface area (Å²) in [4.78, 5) is 52.5. The van der Waals surface area contributed by atoms with Crippen molar-refractivity contribution in [2.75, 3.05) is 46.5 Å². The van der Waals surface area contributed by atoms with Crippen molar-refractivity contribution in [3.63, 3.8) is 0 Å². The summed E-state index contributed by atoms with van der Waals surface area (Å²) >= 11 is 0. The first kappa shape index (κ1) is 29.7. The fourth-order valence-corrected chi connectivity index (χ4v) is 4.51. The van der Waals surface area contributed by atoms with Gasteiger partial charge in [-0.2, -0.15) is 0 Å². The zero-order valence-corrected chi connectivity index (χ0v) is 23.3. The number of carbonyl (C=O) groups is 3. The Morgan fingerprint density at radius 2 is 2.05 bits per heavy atom. The molecule has 2 aromatic heterocycles. The minimum Gasteiger partial charge on any atom is -0.492 e. The van der Waals surface area contributed by atoms with Crippen molar-refractivity contribution >= 4 is 17.7 Å². The topological polar surface area (TPSA) is 155 Å². The highest BCUT2D eigenvalue weighted by Crippen LogP contribution is 2.14. The number of benzene rings is 1. The smallest absolute Gasteiger partial charge is 0.252 e. The summed E-state index contributed by atoms with van der Waals surface area (Å²) in [7, 11) is 1.66. The van der Waals surface area contributed by atoms with Gasteiger partial charge in [-0.1, -0.05) is 6.07 Å². The lowest BCUT2D eigenvalue weighted by atomic mass is 10.1. The maximum Gasteiger partial charge on any atom is 0.252 e. The van der Waals surface area contributed by atoms with E-state index in [-0.39, 0.29) is 37.3 Å². The van der Waals surface area contributed by atoms with Crippen molar-refractivity contribution in [3.8, 4) is 5.75 Å². The number of hydrogen-bond acceptors (Lipinski definition) is 8. The van der Waals surface area contributed by atoms with E-state index in [4.69, 9.17) is 9.47 Å². The standard InChI is InChI=1S/C28H38N8O5/c1-40-14-12-36-11-8-30-25(36)18-35-10-3-2-7-32-28(39)24(16-22-17-29-20-33-22)34-27(38)21-5-4-6-23(15-21)41-13-9-31-26(37)19-35/h4-6,8,11,15,17,20,24H,2-3,7,9-10,12-14,16,18-19H2,1H3,(H,29,33)(H,31,37)(H,32,39)(H,34,38)/t24-/m0/s1. The van der Waals surface area contributed by atoms with Crippen LogP contribution in [0.2, 0.25) is 0 Å². The minimum atomic E-state index is -0.793. The number of amides is 3. The summed E-state index contributed by atoms with van der Waals surface area (Å²) in [6.45, 7) is 3.55. The SMILES string of the molecule is COCCn1ccnc1CN1CCCCNC(=O)[C@H](Cc2cnc[nH]2)NC(=O)c2cccc(c2)OCCNC(=O)C1. The van der Waals surface area contributed by atoms with Crippen LogP contribution in [0.3, 0.4) is 0 Å². The zero-order chi connectivity index (χ0) is 28.9. The van der Waals surface area contributed by atoms with Gasteiger partial charge in [0.05, 0.1) is 32.6 Å². The molecule has 0 unspecified atom stereocenters. The molecule has 0 saturated heterocycles. The Morgan fingerprint density at radius 1 is 1.15 bits per heavy atom. The van der Waals surface area contributed by atoms with Gasteiger partial charge in [0.1, 0.15) is 24.2 Å². The highest BCUT2D eigenvalue weighted by atomic mass is 16.5. The number of rotatable bonds is 7. The summed E-state index contributed by atoms with van der Waals surface area (Å²) in [5.74, 6) is 0.547. The van der Waals surface area contributed by atoms with Gasteiger partial charge in [-0.05, 0) is 37.6 Å². The summed E-state index contributed by atoms with van der Waals surface area (Å²) in [6, 6.07) is 5.93. The molecule has 1 atom stereocenters. The summed E-state index contributed by atoms with van der Waals surface area (Å²) < 4.78 is 13.0. The Kier molecular flexibility index (Phi) is 11.3. The van der Waals surface area contributed by atoms with Crippen LogP contribution < -0.4 is 20.7 Å². The van der Waals surface area contributed by atoms with Gasteiger partial charge < -0.3 is 35.0 Å². The molecule has 0 spiro atoms. The highest BCUT2D eigenvalue weighted by Gasteiger charge is 2.23. The number of aromatic nitrogens is 4. The quantitative estimate of drug-likeness (QED) is 0.322. The van der Waals surface area contributed by atoms with Crippen LogP contribution >= 0.6 is 0 Å². The van der Waals surface area contributed by atoms with Crippen LogP contribution in [0.25, 0.3) is 0 Å². The van der Waals surface area contributed by atoms with Crippen molar-refractivity contribution in [3.05, 3.63) is 66.3 Å². The predicted octanol–water partition coefficient (Wildman–Crippen LogP) is 0.501. The minimum absolute atomic E-state index is 0.121. The normalized spacial score (nSPS) is 18.3. The number of methoxy groups -OCH3 is 1. The summed E-state index contributed by atoms with van der Waals surface area (Å²) in [5.41, 5.74) is 1.10. The van der Waals surface area contributed by atoms with Crippen LogP contribution in [0.5, 0.6) is 5.75 Å². The van der Waals surface area contributed by atoms with Gasteiger partial charge in [0, 0.05) is 56.5 Å². The number of imidazole rings is 2. The van der Waals surface area contributed by atoms with E-state index in [1.807, 2.05) is 15.7 Å². The first-order valence-corrected chi connectivity index (χ1v) is 13.8.